The van der Waals surface area contributed by atoms with Crippen LogP contribution in [-0.4, -0.2) is 10.9 Å². The molecule has 3 nitrogen and oxygen atoms in total. The Kier molecular flexibility index (Phi) is 6.60. The highest BCUT2D eigenvalue weighted by molar-refractivity contribution is 6.07. The number of carbonyl (C=O) groups is 1. The second-order valence-electron chi connectivity index (χ2n) is 9.13. The van der Waals surface area contributed by atoms with Crippen LogP contribution in [0.3, 0.4) is 0 Å². The van der Waals surface area contributed by atoms with Gasteiger partial charge in [-0.15, -0.1) is 0 Å². The van der Waals surface area contributed by atoms with Crippen LogP contribution < -0.4 is 5.32 Å². The van der Waals surface area contributed by atoms with Crippen LogP contribution >= 0.6 is 0 Å². The summed E-state index contributed by atoms with van der Waals surface area (Å²) in [5.41, 5.74) is 8.21. The van der Waals surface area contributed by atoms with Crippen molar-refractivity contribution in [2.75, 3.05) is 0 Å². The van der Waals surface area contributed by atoms with E-state index in [2.05, 4.69) is 82.4 Å². The molecule has 4 rings (SSSR count). The van der Waals surface area contributed by atoms with Crippen molar-refractivity contribution in [3.63, 3.8) is 0 Å². The molecule has 0 aliphatic rings. The molecule has 1 amide bonds. The lowest BCUT2D eigenvalue weighted by atomic mass is 9.97. The van der Waals surface area contributed by atoms with Gasteiger partial charge in [-0.3, -0.25) is 4.79 Å². The first kappa shape index (κ1) is 22.7. The van der Waals surface area contributed by atoms with Gasteiger partial charge in [-0.05, 0) is 66.6 Å². The Balaban J connectivity index is 1.71. The van der Waals surface area contributed by atoms with Gasteiger partial charge in [-0.2, -0.15) is 0 Å². The first-order valence-corrected chi connectivity index (χ1v) is 11.8. The predicted octanol–water partition coefficient (Wildman–Crippen LogP) is 7.52. The van der Waals surface area contributed by atoms with Gasteiger partial charge in [0.25, 0.3) is 5.91 Å². The van der Waals surface area contributed by atoms with Crippen molar-refractivity contribution in [2.24, 2.45) is 0 Å². The maximum absolute atomic E-state index is 13.5. The van der Waals surface area contributed by atoms with Crippen LogP contribution in [0.4, 0.5) is 0 Å². The number of hydrogen-bond donors (Lipinski definition) is 1. The van der Waals surface area contributed by atoms with E-state index in [9.17, 15) is 4.79 Å². The quantitative estimate of drug-likeness (QED) is 0.339. The second kappa shape index (κ2) is 9.58. The molecule has 33 heavy (non-hydrogen) atoms. The molecule has 1 atom stereocenters. The van der Waals surface area contributed by atoms with E-state index in [-0.39, 0.29) is 11.9 Å². The summed E-state index contributed by atoms with van der Waals surface area (Å²) in [5, 5.41) is 4.14. The van der Waals surface area contributed by atoms with Gasteiger partial charge in [0, 0.05) is 10.9 Å². The zero-order chi connectivity index (χ0) is 23.5. The number of rotatable bonds is 6. The molecule has 0 aliphatic heterocycles. The molecule has 0 spiro atoms. The molecule has 4 aromatic rings. The highest BCUT2D eigenvalue weighted by Gasteiger charge is 2.18. The standard InChI is InChI=1S/C30H32N2O/c1-6-27(23-15-13-22(14-16-23)19(2)3)32-30(33)26-18-29(24-12-11-20(4)21(5)17-24)31-28-10-8-7-9-25(26)28/h7-19,27H,6H2,1-5H3,(H,32,33). The number of carbonyl (C=O) groups excluding carboxylic acids is 1. The molecular formula is C30H32N2O. The van der Waals surface area contributed by atoms with Gasteiger partial charge < -0.3 is 5.32 Å². The normalized spacial score (nSPS) is 12.2. The summed E-state index contributed by atoms with van der Waals surface area (Å²) in [6.45, 7) is 10.7. The molecule has 0 aliphatic carbocycles. The van der Waals surface area contributed by atoms with Crippen molar-refractivity contribution in [1.29, 1.82) is 0 Å². The molecular weight excluding hydrogens is 404 g/mol. The zero-order valence-corrected chi connectivity index (χ0v) is 20.1. The third-order valence-electron chi connectivity index (χ3n) is 6.48. The average molecular weight is 437 g/mol. The average Bonchev–Trinajstić information content (AvgIpc) is 2.83. The number of nitrogens with zero attached hydrogens (tertiary/aromatic N) is 1. The largest absolute Gasteiger partial charge is 0.345 e. The van der Waals surface area contributed by atoms with E-state index in [0.29, 0.717) is 11.5 Å². The van der Waals surface area contributed by atoms with Gasteiger partial charge >= 0.3 is 0 Å². The Labute approximate surface area is 196 Å². The maximum atomic E-state index is 13.5. The number of fused-ring (bicyclic) bond motifs is 1. The number of pyridine rings is 1. The van der Waals surface area contributed by atoms with Crippen molar-refractivity contribution >= 4 is 16.8 Å². The van der Waals surface area contributed by atoms with Crippen LogP contribution in [0.5, 0.6) is 0 Å². The third-order valence-corrected chi connectivity index (χ3v) is 6.48. The zero-order valence-electron chi connectivity index (χ0n) is 20.1. The van der Waals surface area contributed by atoms with E-state index in [1.165, 1.54) is 16.7 Å². The lowest BCUT2D eigenvalue weighted by Crippen LogP contribution is -2.28. The van der Waals surface area contributed by atoms with Crippen molar-refractivity contribution in [3.05, 3.63) is 101 Å². The molecule has 1 N–H and O–H groups in total. The Morgan fingerprint density at radius 1 is 0.879 bits per heavy atom. The molecule has 3 heteroatoms. The van der Waals surface area contributed by atoms with Gasteiger partial charge in [0.15, 0.2) is 0 Å². The summed E-state index contributed by atoms with van der Waals surface area (Å²) in [7, 11) is 0. The Morgan fingerprint density at radius 3 is 2.24 bits per heavy atom. The number of aryl methyl sites for hydroxylation is 2. The first-order valence-electron chi connectivity index (χ1n) is 11.8. The minimum absolute atomic E-state index is 0.0456. The predicted molar refractivity (Wildman–Crippen MR) is 138 cm³/mol. The lowest BCUT2D eigenvalue weighted by molar-refractivity contribution is 0.0937. The van der Waals surface area contributed by atoms with Gasteiger partial charge in [0.05, 0.1) is 22.8 Å². The van der Waals surface area contributed by atoms with E-state index < -0.39 is 0 Å². The maximum Gasteiger partial charge on any atom is 0.252 e. The monoisotopic (exact) mass is 436 g/mol. The molecule has 0 saturated carbocycles. The fourth-order valence-electron chi connectivity index (χ4n) is 4.18. The summed E-state index contributed by atoms with van der Waals surface area (Å²) >= 11 is 0. The van der Waals surface area contributed by atoms with Crippen LogP contribution in [0.1, 0.15) is 71.8 Å². The fraction of sp³-hybridized carbons (Fsp3) is 0.267. The molecule has 1 unspecified atom stereocenters. The fourth-order valence-corrected chi connectivity index (χ4v) is 4.18. The minimum atomic E-state index is -0.0709. The number of amides is 1. The summed E-state index contributed by atoms with van der Waals surface area (Å²) in [5.74, 6) is 0.416. The molecule has 0 fully saturated rings. The highest BCUT2D eigenvalue weighted by atomic mass is 16.1. The Bertz CT molecular complexity index is 1290. The second-order valence-corrected chi connectivity index (χ2v) is 9.13. The summed E-state index contributed by atoms with van der Waals surface area (Å²) < 4.78 is 0. The minimum Gasteiger partial charge on any atom is -0.345 e. The number of hydrogen-bond acceptors (Lipinski definition) is 2. The molecule has 0 radical (unpaired) electrons. The van der Waals surface area contributed by atoms with Crippen LogP contribution in [0.2, 0.25) is 0 Å². The van der Waals surface area contributed by atoms with E-state index in [0.717, 1.165) is 34.1 Å². The van der Waals surface area contributed by atoms with E-state index in [1.807, 2.05) is 30.3 Å². The van der Waals surface area contributed by atoms with Crippen molar-refractivity contribution in [3.8, 4) is 11.3 Å². The van der Waals surface area contributed by atoms with Gasteiger partial charge in [-0.1, -0.05) is 75.4 Å². The number of para-hydroxylation sites is 1. The van der Waals surface area contributed by atoms with Crippen LogP contribution in [0.15, 0.2) is 72.8 Å². The van der Waals surface area contributed by atoms with Crippen LogP contribution in [0.25, 0.3) is 22.2 Å². The third kappa shape index (κ3) is 4.83. The summed E-state index contributed by atoms with van der Waals surface area (Å²) in [4.78, 5) is 18.4. The van der Waals surface area contributed by atoms with E-state index in [4.69, 9.17) is 4.98 Å². The molecule has 3 aromatic carbocycles. The van der Waals surface area contributed by atoms with E-state index in [1.54, 1.807) is 0 Å². The van der Waals surface area contributed by atoms with Crippen molar-refractivity contribution in [1.82, 2.24) is 10.3 Å². The first-order chi connectivity index (χ1) is 15.9. The van der Waals surface area contributed by atoms with Crippen LogP contribution in [0, 0.1) is 13.8 Å². The number of nitrogens with one attached hydrogen (secondary N) is 1. The van der Waals surface area contributed by atoms with Gasteiger partial charge in [0.2, 0.25) is 0 Å². The number of benzene rings is 3. The summed E-state index contributed by atoms with van der Waals surface area (Å²) in [6.07, 6.45) is 0.819. The van der Waals surface area contributed by atoms with Gasteiger partial charge in [0.1, 0.15) is 0 Å². The molecule has 1 aromatic heterocycles. The molecule has 168 valence electrons. The molecule has 1 heterocycles. The SMILES string of the molecule is CCC(NC(=O)c1cc(-c2ccc(C)c(C)c2)nc2ccccc12)c1ccc(C(C)C)cc1. The number of aromatic nitrogens is 1. The highest BCUT2D eigenvalue weighted by Crippen LogP contribution is 2.27. The Morgan fingerprint density at radius 2 is 1.58 bits per heavy atom. The van der Waals surface area contributed by atoms with Gasteiger partial charge in [-0.25, -0.2) is 4.98 Å². The van der Waals surface area contributed by atoms with Crippen molar-refractivity contribution < 1.29 is 4.79 Å². The van der Waals surface area contributed by atoms with Crippen LogP contribution in [-0.2, 0) is 0 Å². The smallest absolute Gasteiger partial charge is 0.252 e. The Hall–Kier alpha value is -3.46. The lowest BCUT2D eigenvalue weighted by Gasteiger charge is -2.19. The topological polar surface area (TPSA) is 42.0 Å². The summed E-state index contributed by atoms with van der Waals surface area (Å²) in [6, 6.07) is 24.7. The van der Waals surface area contributed by atoms with Crippen molar-refractivity contribution in [2.45, 2.75) is 53.0 Å². The molecule has 0 saturated heterocycles. The molecule has 0 bridgehead atoms. The van der Waals surface area contributed by atoms with E-state index >= 15 is 0 Å².